The standard InChI is InChI=1S/C19H19F4N3O/c1-11(13-4-6-14(7-5-13)27-19(22,23)18(20)21)26-10-16-15(12(26)2)8-9-25-17(16)24-3/h4-9,11,18H,2,10H2,1,3H3,(H,24,25). The van der Waals surface area contributed by atoms with Crippen LogP contribution in [0.3, 0.4) is 0 Å². The molecule has 0 amide bonds. The number of fused-ring (bicyclic) bond motifs is 1. The third-order valence-electron chi connectivity index (χ3n) is 4.62. The van der Waals surface area contributed by atoms with Crippen molar-refractivity contribution in [1.82, 2.24) is 9.88 Å². The molecule has 144 valence electrons. The first-order valence-electron chi connectivity index (χ1n) is 8.31. The van der Waals surface area contributed by atoms with Crippen molar-refractivity contribution >= 4 is 11.5 Å². The molecule has 2 aromatic rings. The van der Waals surface area contributed by atoms with Crippen LogP contribution in [-0.4, -0.2) is 29.5 Å². The molecule has 0 fully saturated rings. The summed E-state index contributed by atoms with van der Waals surface area (Å²) < 4.78 is 54.6. The summed E-state index contributed by atoms with van der Waals surface area (Å²) in [6, 6.07) is 7.46. The summed E-state index contributed by atoms with van der Waals surface area (Å²) in [7, 11) is 1.80. The molecule has 8 heteroatoms. The normalized spacial score (nSPS) is 15.1. The lowest BCUT2D eigenvalue weighted by atomic mass is 10.1. The van der Waals surface area contributed by atoms with E-state index in [-0.39, 0.29) is 11.8 Å². The predicted molar refractivity (Wildman–Crippen MR) is 94.8 cm³/mol. The number of hydrogen-bond donors (Lipinski definition) is 1. The quantitative estimate of drug-likeness (QED) is 0.722. The van der Waals surface area contributed by atoms with Gasteiger partial charge in [-0.05, 0) is 30.7 Å². The van der Waals surface area contributed by atoms with E-state index in [0.717, 1.165) is 28.2 Å². The van der Waals surface area contributed by atoms with Gasteiger partial charge in [0.15, 0.2) is 0 Å². The Bertz CT molecular complexity index is 839. The molecule has 1 aromatic heterocycles. The van der Waals surface area contributed by atoms with Gasteiger partial charge >= 0.3 is 12.5 Å². The van der Waals surface area contributed by atoms with Gasteiger partial charge in [0.2, 0.25) is 0 Å². The second kappa shape index (κ2) is 7.09. The summed E-state index contributed by atoms with van der Waals surface area (Å²) in [5.74, 6) is 0.461. The first kappa shape index (κ1) is 19.0. The highest BCUT2D eigenvalue weighted by Crippen LogP contribution is 2.40. The summed E-state index contributed by atoms with van der Waals surface area (Å²) in [5.41, 5.74) is 3.68. The van der Waals surface area contributed by atoms with Crippen LogP contribution < -0.4 is 10.1 Å². The van der Waals surface area contributed by atoms with Gasteiger partial charge in [-0.2, -0.15) is 17.6 Å². The van der Waals surface area contributed by atoms with Crippen LogP contribution in [0.5, 0.6) is 5.75 Å². The molecule has 1 aliphatic rings. The molecule has 27 heavy (non-hydrogen) atoms. The summed E-state index contributed by atoms with van der Waals surface area (Å²) in [6.07, 6.45) is -6.70. The molecule has 1 aromatic carbocycles. The number of benzene rings is 1. The highest BCUT2D eigenvalue weighted by atomic mass is 19.3. The van der Waals surface area contributed by atoms with Crippen LogP contribution in [0.1, 0.15) is 29.7 Å². The maximum absolute atomic E-state index is 13.0. The Morgan fingerprint density at radius 1 is 1.22 bits per heavy atom. The molecule has 4 nitrogen and oxygen atoms in total. The lowest BCUT2D eigenvalue weighted by molar-refractivity contribution is -0.253. The minimum Gasteiger partial charge on any atom is -0.428 e. The van der Waals surface area contributed by atoms with Gasteiger partial charge in [-0.3, -0.25) is 0 Å². The topological polar surface area (TPSA) is 37.4 Å². The van der Waals surface area contributed by atoms with Gasteiger partial charge in [-0.25, -0.2) is 4.98 Å². The van der Waals surface area contributed by atoms with Gasteiger partial charge in [0.05, 0.1) is 6.04 Å². The number of nitrogens with one attached hydrogen (secondary N) is 1. The van der Waals surface area contributed by atoms with E-state index in [2.05, 4.69) is 26.5 Å². The zero-order valence-electron chi connectivity index (χ0n) is 14.8. The van der Waals surface area contributed by atoms with Gasteiger partial charge in [-0.1, -0.05) is 18.7 Å². The molecule has 3 rings (SSSR count). The van der Waals surface area contributed by atoms with Crippen molar-refractivity contribution in [3.8, 4) is 5.75 Å². The largest absolute Gasteiger partial charge is 0.461 e. The Morgan fingerprint density at radius 3 is 2.48 bits per heavy atom. The van der Waals surface area contributed by atoms with Gasteiger partial charge in [0, 0.05) is 36.6 Å². The molecule has 0 bridgehead atoms. The van der Waals surface area contributed by atoms with E-state index < -0.39 is 12.5 Å². The average molecular weight is 381 g/mol. The van der Waals surface area contributed by atoms with Crippen LogP contribution in [-0.2, 0) is 6.54 Å². The van der Waals surface area contributed by atoms with Gasteiger partial charge in [-0.15, -0.1) is 0 Å². The number of hydrogen-bond acceptors (Lipinski definition) is 4. The van der Waals surface area contributed by atoms with Crippen molar-refractivity contribution in [2.24, 2.45) is 0 Å². The van der Waals surface area contributed by atoms with E-state index in [1.54, 1.807) is 25.4 Å². The Balaban J connectivity index is 1.77. The van der Waals surface area contributed by atoms with Crippen LogP contribution in [0.25, 0.3) is 5.70 Å². The van der Waals surface area contributed by atoms with E-state index in [1.165, 1.54) is 12.1 Å². The number of pyridine rings is 1. The van der Waals surface area contributed by atoms with Crippen LogP contribution in [0.2, 0.25) is 0 Å². The summed E-state index contributed by atoms with van der Waals surface area (Å²) in [6.45, 7) is 6.70. The zero-order valence-corrected chi connectivity index (χ0v) is 14.8. The van der Waals surface area contributed by atoms with E-state index in [1.807, 2.05) is 13.0 Å². The second-order valence-electron chi connectivity index (χ2n) is 6.22. The maximum Gasteiger partial charge on any atom is 0.461 e. The number of halogens is 4. The van der Waals surface area contributed by atoms with Crippen molar-refractivity contribution in [2.75, 3.05) is 12.4 Å². The first-order chi connectivity index (χ1) is 12.7. The van der Waals surface area contributed by atoms with Crippen molar-refractivity contribution < 1.29 is 22.3 Å². The van der Waals surface area contributed by atoms with Crippen LogP contribution in [0.15, 0.2) is 43.1 Å². The predicted octanol–water partition coefficient (Wildman–Crippen LogP) is 4.91. The molecular formula is C19H19F4N3O. The Hall–Kier alpha value is -2.77. The summed E-state index contributed by atoms with van der Waals surface area (Å²) >= 11 is 0. The number of alkyl halides is 4. The Kier molecular flexibility index (Phi) is 4.99. The molecule has 0 saturated carbocycles. The fourth-order valence-corrected chi connectivity index (χ4v) is 3.13. The Morgan fingerprint density at radius 2 is 1.89 bits per heavy atom. The van der Waals surface area contributed by atoms with Crippen molar-refractivity contribution in [1.29, 1.82) is 0 Å². The molecule has 1 atom stereocenters. The molecule has 0 saturated heterocycles. The molecular weight excluding hydrogens is 362 g/mol. The van der Waals surface area contributed by atoms with E-state index in [0.29, 0.717) is 6.54 Å². The second-order valence-corrected chi connectivity index (χ2v) is 6.22. The van der Waals surface area contributed by atoms with E-state index in [9.17, 15) is 17.6 Å². The highest BCUT2D eigenvalue weighted by molar-refractivity contribution is 5.73. The minimum atomic E-state index is -4.52. The number of nitrogens with zero attached hydrogens (tertiary/aromatic N) is 2. The lowest BCUT2D eigenvalue weighted by Crippen LogP contribution is -2.33. The maximum atomic E-state index is 13.0. The molecule has 2 heterocycles. The zero-order chi connectivity index (χ0) is 19.8. The van der Waals surface area contributed by atoms with Gasteiger partial charge in [0.25, 0.3) is 0 Å². The fraction of sp³-hybridized carbons (Fsp3) is 0.316. The molecule has 1 N–H and O–H groups in total. The summed E-state index contributed by atoms with van der Waals surface area (Å²) in [5, 5.41) is 3.06. The average Bonchev–Trinajstić information content (AvgIpc) is 2.98. The van der Waals surface area contributed by atoms with E-state index in [4.69, 9.17) is 0 Å². The van der Waals surface area contributed by atoms with Crippen molar-refractivity contribution in [2.45, 2.75) is 32.0 Å². The Labute approximate surface area is 154 Å². The third-order valence-corrected chi connectivity index (χ3v) is 4.62. The monoisotopic (exact) mass is 381 g/mol. The van der Waals surface area contributed by atoms with Gasteiger partial charge in [0.1, 0.15) is 11.6 Å². The molecule has 1 aliphatic heterocycles. The number of anilines is 1. The third kappa shape index (κ3) is 3.56. The summed E-state index contributed by atoms with van der Waals surface area (Å²) in [4.78, 5) is 6.37. The van der Waals surface area contributed by atoms with Crippen LogP contribution in [0.4, 0.5) is 23.4 Å². The molecule has 0 spiro atoms. The smallest absolute Gasteiger partial charge is 0.428 e. The fourth-order valence-electron chi connectivity index (χ4n) is 3.13. The first-order valence-corrected chi connectivity index (χ1v) is 8.31. The number of aromatic nitrogens is 1. The minimum absolute atomic E-state index is 0.112. The SMILES string of the molecule is C=C1c2ccnc(NC)c2CN1C(C)c1ccc(OC(F)(F)C(F)F)cc1. The molecule has 0 aliphatic carbocycles. The highest BCUT2D eigenvalue weighted by Gasteiger charge is 2.44. The van der Waals surface area contributed by atoms with Crippen LogP contribution in [0, 0.1) is 0 Å². The number of ether oxygens (including phenoxy) is 1. The van der Waals surface area contributed by atoms with E-state index >= 15 is 0 Å². The van der Waals surface area contributed by atoms with Gasteiger partial charge < -0.3 is 15.0 Å². The van der Waals surface area contributed by atoms with Crippen molar-refractivity contribution in [3.05, 3.63) is 59.8 Å². The van der Waals surface area contributed by atoms with Crippen LogP contribution >= 0.6 is 0 Å². The number of rotatable bonds is 6. The van der Waals surface area contributed by atoms with Crippen molar-refractivity contribution in [3.63, 3.8) is 0 Å². The lowest BCUT2D eigenvalue weighted by Gasteiger charge is -2.28. The molecule has 1 unspecified atom stereocenters. The molecule has 0 radical (unpaired) electrons.